The van der Waals surface area contributed by atoms with Crippen molar-refractivity contribution in [3.8, 4) is 5.75 Å². The lowest BCUT2D eigenvalue weighted by Gasteiger charge is -2.10. The second kappa shape index (κ2) is 5.84. The molecule has 5 heteroatoms. The topological polar surface area (TPSA) is 52.5 Å². The zero-order valence-electron chi connectivity index (χ0n) is 8.30. The second-order valence-electron chi connectivity index (χ2n) is 3.38. The van der Waals surface area contributed by atoms with Crippen molar-refractivity contribution in [2.24, 2.45) is 0 Å². The van der Waals surface area contributed by atoms with Crippen molar-refractivity contribution in [2.75, 3.05) is 6.54 Å². The van der Waals surface area contributed by atoms with Gasteiger partial charge in [0.2, 0.25) is 0 Å². The molecule has 0 saturated heterocycles. The predicted octanol–water partition coefficient (Wildman–Crippen LogP) is 2.39. The van der Waals surface area contributed by atoms with Crippen molar-refractivity contribution in [1.29, 1.82) is 0 Å². The maximum Gasteiger partial charge on any atom is 0.134 e. The Hall–Kier alpha value is -0.100. The molecule has 0 heterocycles. The normalized spacial score (nSPS) is 12.8. The van der Waals surface area contributed by atoms with Gasteiger partial charge in [0.1, 0.15) is 5.75 Å². The number of halogens is 2. The number of aliphatic hydroxyl groups is 1. The molecular formula is C10H13Br2NO2. The summed E-state index contributed by atoms with van der Waals surface area (Å²) >= 11 is 6.61. The molecule has 0 aromatic heterocycles. The minimum Gasteiger partial charge on any atom is -0.506 e. The van der Waals surface area contributed by atoms with Gasteiger partial charge in [0.15, 0.2) is 0 Å². The van der Waals surface area contributed by atoms with Crippen molar-refractivity contribution in [1.82, 2.24) is 5.32 Å². The summed E-state index contributed by atoms with van der Waals surface area (Å²) in [5.41, 5.74) is 0.789. The van der Waals surface area contributed by atoms with E-state index >= 15 is 0 Å². The van der Waals surface area contributed by atoms with E-state index in [1.807, 2.05) is 6.07 Å². The molecule has 0 unspecified atom stereocenters. The second-order valence-corrected chi connectivity index (χ2v) is 5.15. The fourth-order valence-corrected chi connectivity index (χ4v) is 2.48. The van der Waals surface area contributed by atoms with Crippen LogP contribution in [0, 0.1) is 0 Å². The molecule has 0 aliphatic carbocycles. The summed E-state index contributed by atoms with van der Waals surface area (Å²) in [6, 6.07) is 3.63. The maximum atomic E-state index is 9.72. The first-order valence-electron chi connectivity index (χ1n) is 4.56. The minimum atomic E-state index is -0.386. The Labute approximate surface area is 106 Å². The molecule has 3 nitrogen and oxygen atoms in total. The lowest BCUT2D eigenvalue weighted by atomic mass is 10.2. The van der Waals surface area contributed by atoms with E-state index in [9.17, 15) is 5.11 Å². The Morgan fingerprint density at radius 2 is 2.07 bits per heavy atom. The first-order valence-corrected chi connectivity index (χ1v) is 6.15. The molecule has 0 bridgehead atoms. The average molecular weight is 339 g/mol. The van der Waals surface area contributed by atoms with Crippen LogP contribution >= 0.6 is 31.9 Å². The molecule has 0 spiro atoms. The van der Waals surface area contributed by atoms with E-state index in [2.05, 4.69) is 37.2 Å². The van der Waals surface area contributed by atoms with Crippen LogP contribution < -0.4 is 5.32 Å². The lowest BCUT2D eigenvalue weighted by Crippen LogP contribution is -2.23. The zero-order chi connectivity index (χ0) is 11.4. The molecule has 0 saturated carbocycles. The molecular weight excluding hydrogens is 326 g/mol. The third-order valence-corrected chi connectivity index (χ3v) is 2.92. The van der Waals surface area contributed by atoms with Crippen LogP contribution in [-0.4, -0.2) is 22.9 Å². The fraction of sp³-hybridized carbons (Fsp3) is 0.400. The molecule has 15 heavy (non-hydrogen) atoms. The number of aromatic hydroxyl groups is 1. The van der Waals surface area contributed by atoms with Crippen LogP contribution in [0.3, 0.4) is 0 Å². The highest BCUT2D eigenvalue weighted by Gasteiger charge is 2.07. The smallest absolute Gasteiger partial charge is 0.134 e. The highest BCUT2D eigenvalue weighted by atomic mass is 79.9. The van der Waals surface area contributed by atoms with E-state index in [0.29, 0.717) is 17.6 Å². The van der Waals surface area contributed by atoms with E-state index in [1.54, 1.807) is 13.0 Å². The minimum absolute atomic E-state index is 0.233. The van der Waals surface area contributed by atoms with Crippen LogP contribution in [-0.2, 0) is 6.54 Å². The fourth-order valence-electron chi connectivity index (χ4n) is 1.17. The number of benzene rings is 1. The van der Waals surface area contributed by atoms with Crippen LogP contribution in [0.4, 0.5) is 0 Å². The Balaban J connectivity index is 2.68. The summed E-state index contributed by atoms with van der Waals surface area (Å²) < 4.78 is 1.56. The van der Waals surface area contributed by atoms with Crippen molar-refractivity contribution in [3.63, 3.8) is 0 Å². The molecule has 3 N–H and O–H groups in total. The molecule has 1 aromatic rings. The largest absolute Gasteiger partial charge is 0.506 e. The van der Waals surface area contributed by atoms with Gasteiger partial charge in [-0.2, -0.15) is 0 Å². The van der Waals surface area contributed by atoms with E-state index in [1.165, 1.54) is 0 Å². The highest BCUT2D eigenvalue weighted by Crippen LogP contribution is 2.31. The summed E-state index contributed by atoms with van der Waals surface area (Å²) in [6.45, 7) is 2.74. The lowest BCUT2D eigenvalue weighted by molar-refractivity contribution is 0.191. The van der Waals surface area contributed by atoms with Crippen LogP contribution in [0.5, 0.6) is 5.75 Å². The van der Waals surface area contributed by atoms with Gasteiger partial charge in [-0.25, -0.2) is 0 Å². The first-order chi connectivity index (χ1) is 7.00. The molecule has 1 aromatic carbocycles. The van der Waals surface area contributed by atoms with Gasteiger partial charge in [0, 0.05) is 23.1 Å². The third-order valence-electron chi connectivity index (χ3n) is 1.86. The van der Waals surface area contributed by atoms with E-state index in [-0.39, 0.29) is 11.9 Å². The monoisotopic (exact) mass is 337 g/mol. The number of rotatable bonds is 4. The molecule has 84 valence electrons. The highest BCUT2D eigenvalue weighted by molar-refractivity contribution is 9.11. The molecule has 0 fully saturated rings. The molecule has 0 aliphatic rings. The summed E-state index contributed by atoms with van der Waals surface area (Å²) in [4.78, 5) is 0. The Morgan fingerprint density at radius 1 is 1.40 bits per heavy atom. The van der Waals surface area contributed by atoms with Crippen LogP contribution in [0.25, 0.3) is 0 Å². The van der Waals surface area contributed by atoms with Crippen molar-refractivity contribution in [2.45, 2.75) is 19.6 Å². The van der Waals surface area contributed by atoms with Gasteiger partial charge in [0.25, 0.3) is 0 Å². The van der Waals surface area contributed by atoms with E-state index in [4.69, 9.17) is 5.11 Å². The van der Waals surface area contributed by atoms with Gasteiger partial charge in [-0.05, 0) is 35.0 Å². The Kier molecular flexibility index (Phi) is 5.05. The molecule has 1 rings (SSSR count). The van der Waals surface area contributed by atoms with E-state index in [0.717, 1.165) is 10.0 Å². The predicted molar refractivity (Wildman–Crippen MR) is 66.9 cm³/mol. The quantitative estimate of drug-likeness (QED) is 0.790. The summed E-state index contributed by atoms with van der Waals surface area (Å²) in [7, 11) is 0. The summed E-state index contributed by atoms with van der Waals surface area (Å²) in [5.74, 6) is 0.233. The number of nitrogens with one attached hydrogen (secondary N) is 1. The number of phenolic OH excluding ortho intramolecular Hbond substituents is 1. The van der Waals surface area contributed by atoms with Gasteiger partial charge < -0.3 is 15.5 Å². The van der Waals surface area contributed by atoms with Gasteiger partial charge in [-0.1, -0.05) is 15.9 Å². The SMILES string of the molecule is C[C@@H](O)CNCc1cc(Br)cc(Br)c1O. The van der Waals surface area contributed by atoms with Gasteiger partial charge in [-0.3, -0.25) is 0 Å². The number of hydrogen-bond acceptors (Lipinski definition) is 3. The van der Waals surface area contributed by atoms with Gasteiger partial charge in [0.05, 0.1) is 10.6 Å². The first kappa shape index (κ1) is 13.0. The van der Waals surface area contributed by atoms with Crippen LogP contribution in [0.2, 0.25) is 0 Å². The number of aliphatic hydroxyl groups excluding tert-OH is 1. The molecule has 0 radical (unpaired) electrons. The summed E-state index contributed by atoms with van der Waals surface area (Å²) in [5, 5.41) is 21.8. The van der Waals surface area contributed by atoms with E-state index < -0.39 is 0 Å². The van der Waals surface area contributed by atoms with Crippen molar-refractivity contribution < 1.29 is 10.2 Å². The Morgan fingerprint density at radius 3 is 2.67 bits per heavy atom. The average Bonchev–Trinajstić information content (AvgIpc) is 2.12. The van der Waals surface area contributed by atoms with Crippen LogP contribution in [0.1, 0.15) is 12.5 Å². The van der Waals surface area contributed by atoms with Crippen LogP contribution in [0.15, 0.2) is 21.1 Å². The molecule has 0 amide bonds. The van der Waals surface area contributed by atoms with Crippen molar-refractivity contribution in [3.05, 3.63) is 26.6 Å². The Bertz CT molecular complexity index is 342. The van der Waals surface area contributed by atoms with Crippen molar-refractivity contribution >= 4 is 31.9 Å². The zero-order valence-corrected chi connectivity index (χ0v) is 11.5. The number of phenols is 1. The van der Waals surface area contributed by atoms with Gasteiger partial charge in [-0.15, -0.1) is 0 Å². The van der Waals surface area contributed by atoms with Gasteiger partial charge >= 0.3 is 0 Å². The third kappa shape index (κ3) is 4.10. The molecule has 1 atom stereocenters. The standard InChI is InChI=1S/C10H13Br2NO2/c1-6(14)4-13-5-7-2-8(11)3-9(12)10(7)15/h2-3,6,13-15H,4-5H2,1H3/t6-/m1/s1. The number of hydrogen-bond donors (Lipinski definition) is 3. The summed E-state index contributed by atoms with van der Waals surface area (Å²) in [6.07, 6.45) is -0.386. The maximum absolute atomic E-state index is 9.72. The molecule has 0 aliphatic heterocycles.